The number of imidazole rings is 1. The van der Waals surface area contributed by atoms with Crippen LogP contribution in [-0.2, 0) is 0 Å². The first-order valence-electron chi connectivity index (χ1n) is 5.87. The predicted molar refractivity (Wildman–Crippen MR) is 83.0 cm³/mol. The lowest BCUT2D eigenvalue weighted by Gasteiger charge is -2.06. The largest absolute Gasteiger partial charge is 0.479 e. The van der Waals surface area contributed by atoms with Crippen LogP contribution in [-0.4, -0.2) is 26.6 Å². The Labute approximate surface area is 128 Å². The number of hydrogen-bond donors (Lipinski definition) is 1. The van der Waals surface area contributed by atoms with E-state index in [-0.39, 0.29) is 0 Å². The molecule has 5 nitrogen and oxygen atoms in total. The molecule has 0 saturated heterocycles. The average Bonchev–Trinajstić information content (AvgIpc) is 2.73. The molecule has 0 spiro atoms. The van der Waals surface area contributed by atoms with Gasteiger partial charge in [0.15, 0.2) is 10.4 Å². The summed E-state index contributed by atoms with van der Waals surface area (Å²) in [7, 11) is 1.57. The summed E-state index contributed by atoms with van der Waals surface area (Å²) in [6, 6.07) is 6.07. The molecule has 0 atom stereocenters. The Morgan fingerprint density at radius 3 is 2.80 bits per heavy atom. The van der Waals surface area contributed by atoms with E-state index in [0.717, 1.165) is 15.7 Å². The first-order valence-corrected chi connectivity index (χ1v) is 7.07. The summed E-state index contributed by atoms with van der Waals surface area (Å²) in [5, 5.41) is 0. The maximum Gasteiger partial charge on any atom is 0.242 e. The average molecular weight is 351 g/mol. The van der Waals surface area contributed by atoms with Crippen molar-refractivity contribution in [1.82, 2.24) is 19.5 Å². The normalized spacial score (nSPS) is 10.9. The number of aryl methyl sites for hydroxylation is 1. The van der Waals surface area contributed by atoms with E-state index in [1.807, 2.05) is 29.7 Å². The smallest absolute Gasteiger partial charge is 0.242 e. The monoisotopic (exact) mass is 350 g/mol. The third kappa shape index (κ3) is 2.12. The van der Waals surface area contributed by atoms with Crippen LogP contribution >= 0.6 is 28.1 Å². The van der Waals surface area contributed by atoms with Gasteiger partial charge in [-0.1, -0.05) is 15.9 Å². The maximum atomic E-state index is 5.40. The Bertz CT molecular complexity index is 835. The number of ether oxygens (including phenoxy) is 1. The summed E-state index contributed by atoms with van der Waals surface area (Å²) in [5.74, 6) is 0.478. The Kier molecular flexibility index (Phi) is 3.31. The molecule has 0 amide bonds. The second-order valence-corrected chi connectivity index (χ2v) is 5.64. The van der Waals surface area contributed by atoms with Gasteiger partial charge in [-0.15, -0.1) is 0 Å². The molecule has 2 aromatic heterocycles. The van der Waals surface area contributed by atoms with Gasteiger partial charge in [-0.3, -0.25) is 4.57 Å². The number of nitrogens with zero attached hydrogens (tertiary/aromatic N) is 3. The summed E-state index contributed by atoms with van der Waals surface area (Å²) in [4.78, 5) is 11.5. The van der Waals surface area contributed by atoms with E-state index in [2.05, 4.69) is 30.9 Å². The fraction of sp³-hybridized carbons (Fsp3) is 0.154. The van der Waals surface area contributed by atoms with Crippen LogP contribution in [0.1, 0.15) is 5.56 Å². The highest BCUT2D eigenvalue weighted by atomic mass is 79.9. The first kappa shape index (κ1) is 13.3. The molecule has 7 heteroatoms. The molecule has 0 aliphatic heterocycles. The minimum Gasteiger partial charge on any atom is -0.479 e. The molecule has 20 heavy (non-hydrogen) atoms. The Balaban J connectivity index is 2.36. The highest BCUT2D eigenvalue weighted by molar-refractivity contribution is 9.10. The summed E-state index contributed by atoms with van der Waals surface area (Å²) in [6.07, 6.45) is 1.46. The molecule has 1 N–H and O–H groups in total. The summed E-state index contributed by atoms with van der Waals surface area (Å²) >= 11 is 8.90. The number of halogens is 1. The molecular formula is C13H11BrN4OS. The van der Waals surface area contributed by atoms with Gasteiger partial charge >= 0.3 is 0 Å². The van der Waals surface area contributed by atoms with Crippen molar-refractivity contribution in [2.75, 3.05) is 7.11 Å². The van der Waals surface area contributed by atoms with Gasteiger partial charge < -0.3 is 9.72 Å². The van der Waals surface area contributed by atoms with Crippen molar-refractivity contribution in [1.29, 1.82) is 0 Å². The number of benzene rings is 1. The van der Waals surface area contributed by atoms with Crippen LogP contribution in [0.2, 0.25) is 0 Å². The number of nitrogens with one attached hydrogen (secondary N) is 1. The highest BCUT2D eigenvalue weighted by Crippen LogP contribution is 2.25. The van der Waals surface area contributed by atoms with Gasteiger partial charge in [-0.25, -0.2) is 4.98 Å². The quantitative estimate of drug-likeness (QED) is 0.718. The van der Waals surface area contributed by atoms with Gasteiger partial charge in [0.2, 0.25) is 5.88 Å². The Hall–Kier alpha value is -1.73. The van der Waals surface area contributed by atoms with Crippen molar-refractivity contribution in [3.8, 4) is 11.6 Å². The second kappa shape index (κ2) is 4.99. The van der Waals surface area contributed by atoms with Gasteiger partial charge in [0.1, 0.15) is 11.8 Å². The number of hydrogen-bond acceptors (Lipinski definition) is 4. The van der Waals surface area contributed by atoms with Crippen molar-refractivity contribution in [3.05, 3.63) is 39.3 Å². The molecule has 0 aliphatic carbocycles. The second-order valence-electron chi connectivity index (χ2n) is 4.33. The molecular weight excluding hydrogens is 340 g/mol. The van der Waals surface area contributed by atoms with Gasteiger partial charge in [0.05, 0.1) is 12.8 Å². The minimum atomic E-state index is 0.478. The lowest BCUT2D eigenvalue weighted by molar-refractivity contribution is 0.401. The van der Waals surface area contributed by atoms with Crippen molar-refractivity contribution in [2.45, 2.75) is 6.92 Å². The number of fused-ring (bicyclic) bond motifs is 1. The van der Waals surface area contributed by atoms with Crippen molar-refractivity contribution in [3.63, 3.8) is 0 Å². The molecule has 0 aliphatic rings. The lowest BCUT2D eigenvalue weighted by atomic mass is 10.2. The molecule has 0 radical (unpaired) electrons. The fourth-order valence-electron chi connectivity index (χ4n) is 2.14. The highest BCUT2D eigenvalue weighted by Gasteiger charge is 2.13. The number of aromatic amines is 1. The number of H-pyrrole nitrogens is 1. The third-order valence-corrected chi connectivity index (χ3v) is 3.66. The molecule has 3 rings (SSSR count). The first-order chi connectivity index (χ1) is 9.60. The molecule has 102 valence electrons. The Morgan fingerprint density at radius 1 is 1.30 bits per heavy atom. The zero-order valence-corrected chi connectivity index (χ0v) is 13.2. The molecule has 0 fully saturated rings. The maximum absolute atomic E-state index is 5.40. The van der Waals surface area contributed by atoms with E-state index in [1.54, 1.807) is 7.11 Å². The number of rotatable bonds is 2. The van der Waals surface area contributed by atoms with Crippen molar-refractivity contribution >= 4 is 39.3 Å². The molecule has 1 aromatic carbocycles. The van der Waals surface area contributed by atoms with Crippen LogP contribution in [0.5, 0.6) is 5.88 Å². The predicted octanol–water partition coefficient (Wildman–Crippen LogP) is 3.56. The molecule has 2 heterocycles. The molecule has 3 aromatic rings. The van der Waals surface area contributed by atoms with E-state index < -0.39 is 0 Å². The fourth-order valence-corrected chi connectivity index (χ4v) is 3.03. The number of methoxy groups -OCH3 is 1. The SMILES string of the molecule is COc1ncnc2c1[nH]c(=S)n2-c1cc(C)cc(Br)c1. The lowest BCUT2D eigenvalue weighted by Crippen LogP contribution is -1.97. The molecule has 0 bridgehead atoms. The van der Waals surface area contributed by atoms with Crippen LogP contribution in [0, 0.1) is 11.7 Å². The van der Waals surface area contributed by atoms with E-state index in [9.17, 15) is 0 Å². The van der Waals surface area contributed by atoms with Crippen molar-refractivity contribution < 1.29 is 4.74 Å². The third-order valence-electron chi connectivity index (χ3n) is 2.92. The van der Waals surface area contributed by atoms with E-state index in [0.29, 0.717) is 21.8 Å². The van der Waals surface area contributed by atoms with E-state index in [1.165, 1.54) is 6.33 Å². The van der Waals surface area contributed by atoms with Gasteiger partial charge in [-0.2, -0.15) is 4.98 Å². The van der Waals surface area contributed by atoms with Crippen LogP contribution < -0.4 is 4.74 Å². The van der Waals surface area contributed by atoms with E-state index in [4.69, 9.17) is 17.0 Å². The van der Waals surface area contributed by atoms with Crippen LogP contribution in [0.3, 0.4) is 0 Å². The van der Waals surface area contributed by atoms with Crippen LogP contribution in [0.15, 0.2) is 29.0 Å². The van der Waals surface area contributed by atoms with Gasteiger partial charge in [0.25, 0.3) is 0 Å². The summed E-state index contributed by atoms with van der Waals surface area (Å²) in [5.41, 5.74) is 3.46. The van der Waals surface area contributed by atoms with Gasteiger partial charge in [-0.05, 0) is 42.9 Å². The zero-order valence-electron chi connectivity index (χ0n) is 10.8. The van der Waals surface area contributed by atoms with E-state index >= 15 is 0 Å². The standard InChI is InChI=1S/C13H11BrN4OS/c1-7-3-8(14)5-9(4-7)18-11-10(17-13(18)20)12(19-2)16-6-15-11/h3-6H,1-2H3,(H,17,20). The minimum absolute atomic E-state index is 0.478. The zero-order chi connectivity index (χ0) is 14.3. The van der Waals surface area contributed by atoms with Crippen molar-refractivity contribution in [2.24, 2.45) is 0 Å². The topological polar surface area (TPSA) is 55.7 Å². The summed E-state index contributed by atoms with van der Waals surface area (Å²) < 4.78 is 8.64. The van der Waals surface area contributed by atoms with Crippen LogP contribution in [0.4, 0.5) is 0 Å². The molecule has 0 unspecified atom stereocenters. The summed E-state index contributed by atoms with van der Waals surface area (Å²) in [6.45, 7) is 2.03. The number of aromatic nitrogens is 4. The van der Waals surface area contributed by atoms with Gasteiger partial charge in [0, 0.05) is 4.47 Å². The Morgan fingerprint density at radius 2 is 2.10 bits per heavy atom. The molecule has 0 saturated carbocycles. The van der Waals surface area contributed by atoms with Crippen LogP contribution in [0.25, 0.3) is 16.9 Å².